The van der Waals surface area contributed by atoms with E-state index in [1.54, 1.807) is 51.6 Å². The number of benzene rings is 4. The molecule has 0 bridgehead atoms. The van der Waals surface area contributed by atoms with Crippen molar-refractivity contribution in [3.05, 3.63) is 179 Å². The van der Waals surface area contributed by atoms with Gasteiger partial charge < -0.3 is 38.3 Å². The molecule has 0 spiro atoms. The zero-order valence-corrected chi connectivity index (χ0v) is 57.9. The van der Waals surface area contributed by atoms with Crippen molar-refractivity contribution < 1.29 is 64.7 Å². The van der Waals surface area contributed by atoms with Gasteiger partial charge in [0.25, 0.3) is 0 Å². The predicted octanol–water partition coefficient (Wildman–Crippen LogP) is 11.6. The third-order valence-corrected chi connectivity index (χ3v) is 17.8. The molecule has 4 heterocycles. The summed E-state index contributed by atoms with van der Waals surface area (Å²) in [6, 6.07) is 30.0. The highest BCUT2D eigenvalue weighted by Gasteiger charge is 2.32. The average Bonchev–Trinajstić information content (AvgIpc) is 0.957. The number of ether oxygens (including phenoxy) is 7. The standard InChI is InChI=1S/C45H56N4O8S.C25H32N4O6S/c1-31(2)39-21-34(29-53-8)22-40(41(39)24-43(50)57-44(3,4)5)35-19-20-46-42(23-35)56-30-45(6,7)49-28-38(25-47-49)58(51,52)48(26-32-11-15-36(54-9)16-12-32)27-33-13-17-37(55-10)18-14-33;1-16(2)20-8-17(14-34-5)9-21(22(20)11-24(30)31)18-6-7-27-23(10-18)35-15-25(3,4)29-13-19(12-28-29)36(26,32)33/h11-23,25,28,31H,24,26-27,29-30H2,1-10H3;6-10,12-13,16H,11,14-15H2,1-5H3,(H,30,31)(H2,26,32,33). The van der Waals surface area contributed by atoms with Gasteiger partial charge in [-0.1, -0.05) is 64.1 Å². The molecular weight excluding hydrogens is 1240 g/mol. The minimum absolute atomic E-state index is 0.0529. The molecule has 8 aromatic rings. The molecule has 0 atom stereocenters. The van der Waals surface area contributed by atoms with Gasteiger partial charge in [0, 0.05) is 64.2 Å². The molecule has 94 heavy (non-hydrogen) atoms. The first-order valence-corrected chi connectivity index (χ1v) is 33.5. The van der Waals surface area contributed by atoms with Crippen LogP contribution in [0.25, 0.3) is 22.3 Å². The number of hydrogen-bond donors (Lipinski definition) is 2. The molecule has 0 aliphatic rings. The molecule has 0 saturated heterocycles. The van der Waals surface area contributed by atoms with E-state index in [9.17, 15) is 31.5 Å². The Kier molecular flexibility index (Phi) is 24.2. The summed E-state index contributed by atoms with van der Waals surface area (Å²) in [6.45, 7) is 22.7. The van der Waals surface area contributed by atoms with Gasteiger partial charge in [0.1, 0.15) is 40.1 Å². The van der Waals surface area contributed by atoms with Gasteiger partial charge in [-0.3, -0.25) is 19.0 Å². The quantitative estimate of drug-likeness (QED) is 0.0412. The van der Waals surface area contributed by atoms with Crippen LogP contribution in [0.2, 0.25) is 0 Å². The van der Waals surface area contributed by atoms with E-state index in [1.807, 2.05) is 147 Å². The Balaban J connectivity index is 0.000000297. The first-order valence-electron chi connectivity index (χ1n) is 30.5. The van der Waals surface area contributed by atoms with Gasteiger partial charge in [-0.15, -0.1) is 0 Å². The zero-order valence-electron chi connectivity index (χ0n) is 56.3. The number of nitrogens with zero attached hydrogens (tertiary/aromatic N) is 7. The number of aromatic nitrogens is 6. The van der Waals surface area contributed by atoms with Gasteiger partial charge in [-0.2, -0.15) is 14.5 Å². The number of aliphatic carboxylic acids is 1. The van der Waals surface area contributed by atoms with Crippen LogP contribution in [0, 0.1) is 0 Å². The minimum Gasteiger partial charge on any atom is -0.497 e. The lowest BCUT2D eigenvalue weighted by atomic mass is 9.87. The molecule has 4 aromatic carbocycles. The maximum absolute atomic E-state index is 14.3. The van der Waals surface area contributed by atoms with E-state index in [0.29, 0.717) is 36.5 Å². The number of carbonyl (C=O) groups excluding carboxylic acids is 1. The maximum atomic E-state index is 14.3. The van der Waals surface area contributed by atoms with Crippen LogP contribution < -0.4 is 24.1 Å². The maximum Gasteiger partial charge on any atom is 0.310 e. The van der Waals surface area contributed by atoms with Gasteiger partial charge in [0.2, 0.25) is 31.8 Å². The van der Waals surface area contributed by atoms with Crippen LogP contribution in [0.1, 0.15) is 133 Å². The lowest BCUT2D eigenvalue weighted by Crippen LogP contribution is -2.34. The second-order valence-corrected chi connectivity index (χ2v) is 29.2. The SMILES string of the molecule is COCc1cc(-c2ccnc(OCC(C)(C)n3cc(S(=O)(=O)N(Cc4ccc(OC)cc4)Cc4ccc(OC)cc4)cn3)c2)c(CC(=O)OC(C)(C)C)c(C(C)C)c1.COCc1cc(-c2ccnc(OCC(C)(C)n3cc(S(N)(=O)=O)cn3)c2)c(CC(=O)O)c(C(C)C)c1. The monoisotopic (exact) mass is 1330 g/mol. The van der Waals surface area contributed by atoms with Crippen molar-refractivity contribution in [1.29, 1.82) is 0 Å². The molecule has 24 heteroatoms. The number of sulfonamides is 2. The fourth-order valence-corrected chi connectivity index (χ4v) is 12.2. The van der Waals surface area contributed by atoms with E-state index in [2.05, 4.69) is 40.1 Å². The van der Waals surface area contributed by atoms with E-state index in [4.69, 9.17) is 38.3 Å². The number of primary sulfonamides is 1. The molecule has 0 amide bonds. The Bertz CT molecular complexity index is 4070. The zero-order chi connectivity index (χ0) is 68.9. The average molecular weight is 1330 g/mol. The Morgan fingerprint density at radius 3 is 1.36 bits per heavy atom. The van der Waals surface area contributed by atoms with E-state index in [-0.39, 0.29) is 66.7 Å². The number of esters is 1. The van der Waals surface area contributed by atoms with Crippen molar-refractivity contribution in [2.24, 2.45) is 5.14 Å². The number of carboxylic acid groups (broad SMARTS) is 1. The van der Waals surface area contributed by atoms with Crippen molar-refractivity contribution in [2.75, 3.05) is 41.7 Å². The normalized spacial score (nSPS) is 12.2. The summed E-state index contributed by atoms with van der Waals surface area (Å²) >= 11 is 0. The Hall–Kier alpha value is -8.52. The third kappa shape index (κ3) is 19.5. The number of rotatable bonds is 29. The second-order valence-electron chi connectivity index (χ2n) is 25.7. The molecule has 0 radical (unpaired) electrons. The summed E-state index contributed by atoms with van der Waals surface area (Å²) in [4.78, 5) is 33.7. The molecule has 3 N–H and O–H groups in total. The number of carboxylic acids is 1. The predicted molar refractivity (Wildman–Crippen MR) is 358 cm³/mol. The van der Waals surface area contributed by atoms with Crippen LogP contribution in [0.5, 0.6) is 23.3 Å². The summed E-state index contributed by atoms with van der Waals surface area (Å²) in [5, 5.41) is 23.4. The minimum atomic E-state index is -4.02. The highest BCUT2D eigenvalue weighted by atomic mass is 32.2. The number of pyridine rings is 2. The molecule has 0 unspecified atom stereocenters. The first-order chi connectivity index (χ1) is 44.2. The summed E-state index contributed by atoms with van der Waals surface area (Å²) in [6.07, 6.45) is 8.72. The van der Waals surface area contributed by atoms with Gasteiger partial charge in [0.05, 0.1) is 63.7 Å². The lowest BCUT2D eigenvalue weighted by Gasteiger charge is -2.26. The van der Waals surface area contributed by atoms with E-state index in [0.717, 1.165) is 66.8 Å². The summed E-state index contributed by atoms with van der Waals surface area (Å²) in [7, 11) is -1.44. The molecule has 0 saturated carbocycles. The molecular formula is C70H88N8O14S2. The van der Waals surface area contributed by atoms with Crippen molar-refractivity contribution in [2.45, 2.75) is 154 Å². The molecule has 8 rings (SSSR count). The van der Waals surface area contributed by atoms with E-state index in [1.165, 1.54) is 33.8 Å². The largest absolute Gasteiger partial charge is 0.497 e. The number of methoxy groups -OCH3 is 4. The highest BCUT2D eigenvalue weighted by Crippen LogP contribution is 2.37. The van der Waals surface area contributed by atoms with Crippen LogP contribution in [-0.4, -0.2) is 115 Å². The van der Waals surface area contributed by atoms with Crippen LogP contribution in [0.4, 0.5) is 0 Å². The van der Waals surface area contributed by atoms with Crippen molar-refractivity contribution in [3.8, 4) is 45.5 Å². The number of hydrogen-bond acceptors (Lipinski definition) is 17. The number of nitrogens with two attached hydrogens (primary N) is 1. The molecule has 0 fully saturated rings. The van der Waals surface area contributed by atoms with Gasteiger partial charge in [0.15, 0.2) is 0 Å². The van der Waals surface area contributed by atoms with E-state index < -0.39 is 42.7 Å². The van der Waals surface area contributed by atoms with Crippen molar-refractivity contribution >= 4 is 32.0 Å². The molecule has 4 aromatic heterocycles. The summed E-state index contributed by atoms with van der Waals surface area (Å²) < 4.78 is 95.8. The Morgan fingerprint density at radius 1 is 0.574 bits per heavy atom. The van der Waals surface area contributed by atoms with Gasteiger partial charge in [-0.25, -0.2) is 31.9 Å². The number of carbonyl (C=O) groups is 2. The van der Waals surface area contributed by atoms with Crippen LogP contribution in [-0.2, 0) is 94.1 Å². The topological polar surface area (TPSA) is 278 Å². The fraction of sp³-hybridized carbons (Fsp3) is 0.400. The molecule has 0 aliphatic carbocycles. The first kappa shape index (κ1) is 72.9. The Morgan fingerprint density at radius 2 is 0.989 bits per heavy atom. The molecule has 504 valence electrons. The second kappa shape index (κ2) is 31.1. The van der Waals surface area contributed by atoms with Crippen LogP contribution in [0.3, 0.4) is 0 Å². The van der Waals surface area contributed by atoms with Crippen LogP contribution >= 0.6 is 0 Å². The summed E-state index contributed by atoms with van der Waals surface area (Å²) in [5.41, 5.74) is 8.24. The molecule has 22 nitrogen and oxygen atoms in total. The summed E-state index contributed by atoms with van der Waals surface area (Å²) in [5.74, 6) is 1.08. The fourth-order valence-electron chi connectivity index (χ4n) is 10.4. The van der Waals surface area contributed by atoms with Crippen LogP contribution in [0.15, 0.2) is 144 Å². The van der Waals surface area contributed by atoms with Gasteiger partial charge in [-0.05, 0) is 176 Å². The van der Waals surface area contributed by atoms with Crippen molar-refractivity contribution in [1.82, 2.24) is 33.8 Å². The third-order valence-electron chi connectivity index (χ3n) is 15.2. The van der Waals surface area contributed by atoms with E-state index >= 15 is 0 Å². The highest BCUT2D eigenvalue weighted by molar-refractivity contribution is 7.89. The van der Waals surface area contributed by atoms with Crippen molar-refractivity contribution in [3.63, 3.8) is 0 Å². The smallest absolute Gasteiger partial charge is 0.310 e. The Labute approximate surface area is 552 Å². The molecule has 0 aliphatic heterocycles. The van der Waals surface area contributed by atoms with Gasteiger partial charge >= 0.3 is 11.9 Å². The lowest BCUT2D eigenvalue weighted by molar-refractivity contribution is -0.154.